The van der Waals surface area contributed by atoms with Crippen molar-refractivity contribution < 1.29 is 12.8 Å². The van der Waals surface area contributed by atoms with Crippen LogP contribution in [-0.4, -0.2) is 13.0 Å². The molecule has 1 aliphatic rings. The summed E-state index contributed by atoms with van der Waals surface area (Å²) in [7, 11) is -3.37. The predicted octanol–water partition coefficient (Wildman–Crippen LogP) is 9.32. The molecule has 0 radical (unpaired) electrons. The molecule has 0 amide bonds. The number of para-hydroxylation sites is 2. The average molecular weight is 601 g/mol. The minimum Gasteiger partial charge on any atom is -0.456 e. The normalized spacial score (nSPS) is 13.9. The van der Waals surface area contributed by atoms with Gasteiger partial charge in [-0.1, -0.05) is 66.7 Å². The summed E-state index contributed by atoms with van der Waals surface area (Å²) in [6, 6.07) is 42.6. The molecule has 45 heavy (non-hydrogen) atoms. The van der Waals surface area contributed by atoms with Crippen molar-refractivity contribution in [2.45, 2.75) is 11.5 Å². The van der Waals surface area contributed by atoms with Crippen LogP contribution in [-0.2, 0) is 21.3 Å². The van der Waals surface area contributed by atoms with Crippen LogP contribution in [0.4, 0.5) is 0 Å². The van der Waals surface area contributed by atoms with E-state index in [2.05, 4.69) is 47.0 Å². The zero-order chi connectivity index (χ0) is 30.3. The summed E-state index contributed by atoms with van der Waals surface area (Å²) in [6.07, 6.45) is 0. The summed E-state index contributed by atoms with van der Waals surface area (Å²) in [6.45, 7) is 0. The first-order valence-corrected chi connectivity index (χ1v) is 16.6. The molecule has 0 bridgehead atoms. The van der Waals surface area contributed by atoms with E-state index in [1.54, 1.807) is 0 Å². The van der Waals surface area contributed by atoms with Crippen LogP contribution in [0.3, 0.4) is 0 Å². The van der Waals surface area contributed by atoms with Crippen LogP contribution in [0.5, 0.6) is 0 Å². The summed E-state index contributed by atoms with van der Waals surface area (Å²) < 4.78 is 35.0. The lowest BCUT2D eigenvalue weighted by Gasteiger charge is -2.15. The van der Waals surface area contributed by atoms with Gasteiger partial charge in [0.1, 0.15) is 11.2 Å². The highest BCUT2D eigenvalue weighted by molar-refractivity contribution is 7.89. The van der Waals surface area contributed by atoms with Crippen molar-refractivity contribution in [3.8, 4) is 34.0 Å². The Morgan fingerprint density at radius 1 is 0.622 bits per heavy atom. The fraction of sp³-hybridized carbons (Fsp3) is 0.0513. The van der Waals surface area contributed by atoms with Gasteiger partial charge in [-0.15, -0.1) is 0 Å². The minimum atomic E-state index is -3.37. The van der Waals surface area contributed by atoms with Crippen LogP contribution in [0.2, 0.25) is 0 Å². The van der Waals surface area contributed by atoms with Crippen LogP contribution in [0.15, 0.2) is 126 Å². The quantitative estimate of drug-likeness (QED) is 0.198. The molecule has 3 heterocycles. The van der Waals surface area contributed by atoms with Crippen molar-refractivity contribution in [1.82, 2.24) is 4.57 Å². The van der Waals surface area contributed by atoms with Gasteiger partial charge < -0.3 is 8.98 Å². The Morgan fingerprint density at radius 2 is 1.33 bits per heavy atom. The molecule has 0 saturated heterocycles. The third-order valence-corrected chi connectivity index (χ3v) is 10.5. The lowest BCUT2D eigenvalue weighted by molar-refractivity contribution is 0.595. The molecule has 0 unspecified atom stereocenters. The van der Waals surface area contributed by atoms with Gasteiger partial charge in [-0.2, -0.15) is 5.26 Å². The molecule has 0 N–H and O–H groups in total. The van der Waals surface area contributed by atoms with Gasteiger partial charge in [-0.3, -0.25) is 0 Å². The summed E-state index contributed by atoms with van der Waals surface area (Å²) in [5, 5.41) is 13.7. The van der Waals surface area contributed by atoms with Gasteiger partial charge in [-0.25, -0.2) is 8.42 Å². The number of nitriles is 1. The van der Waals surface area contributed by atoms with E-state index in [-0.39, 0.29) is 11.5 Å². The number of rotatable bonds is 2. The Balaban J connectivity index is 1.30. The standard InChI is InChI=1S/C39H24N2O3S/c40-21-24-12-17-36-34(18-24)30-6-1-3-9-35(30)41(36)28-16-15-27-23-45(42,43)22-26-14-13-25(19-32(26)33(27)20-28)29-8-5-11-38-39(29)31-7-2-4-10-37(31)44-38/h1-20H,22-23H2. The smallest absolute Gasteiger partial charge is 0.158 e. The Labute approximate surface area is 259 Å². The van der Waals surface area contributed by atoms with E-state index in [1.165, 1.54) is 0 Å². The van der Waals surface area contributed by atoms with E-state index in [9.17, 15) is 13.7 Å². The number of sulfone groups is 1. The van der Waals surface area contributed by atoms with Crippen molar-refractivity contribution in [3.63, 3.8) is 0 Å². The highest BCUT2D eigenvalue weighted by Gasteiger charge is 2.26. The maximum Gasteiger partial charge on any atom is 0.158 e. The first-order chi connectivity index (χ1) is 22.0. The summed E-state index contributed by atoms with van der Waals surface area (Å²) in [5.41, 5.74) is 10.7. The number of nitrogens with zero attached hydrogens (tertiary/aromatic N) is 2. The van der Waals surface area contributed by atoms with Crippen molar-refractivity contribution >= 4 is 53.6 Å². The molecule has 1 aliphatic heterocycles. The first kappa shape index (κ1) is 25.8. The Morgan fingerprint density at radius 3 is 2.18 bits per heavy atom. The Kier molecular flexibility index (Phi) is 5.41. The molecule has 2 aromatic heterocycles. The van der Waals surface area contributed by atoms with E-state index in [4.69, 9.17) is 4.42 Å². The molecular weight excluding hydrogens is 577 g/mol. The van der Waals surface area contributed by atoms with Crippen LogP contribution in [0.1, 0.15) is 16.7 Å². The first-order valence-electron chi connectivity index (χ1n) is 14.8. The van der Waals surface area contributed by atoms with Gasteiger partial charge in [0.05, 0.1) is 34.2 Å². The molecule has 0 fully saturated rings. The molecule has 9 rings (SSSR count). The number of furan rings is 1. The van der Waals surface area contributed by atoms with Gasteiger partial charge >= 0.3 is 0 Å². The third kappa shape index (κ3) is 3.95. The SMILES string of the molecule is N#Cc1ccc2c(c1)c1ccccc1n2-c1ccc2c(c1)-c1cc(-c3cccc4oc5ccccc5c34)ccc1CS(=O)(=O)C2. The molecule has 214 valence electrons. The monoisotopic (exact) mass is 600 g/mol. The molecule has 0 spiro atoms. The maximum absolute atomic E-state index is 13.3. The lowest BCUT2D eigenvalue weighted by Crippen LogP contribution is -2.05. The number of hydrogen-bond acceptors (Lipinski definition) is 4. The number of benzene rings is 6. The van der Waals surface area contributed by atoms with Gasteiger partial charge in [0, 0.05) is 27.2 Å². The van der Waals surface area contributed by atoms with Gasteiger partial charge in [0.15, 0.2) is 9.84 Å². The second-order valence-electron chi connectivity index (χ2n) is 11.7. The molecular formula is C39H24N2O3S. The second kappa shape index (κ2) is 9.43. The van der Waals surface area contributed by atoms with E-state index in [0.717, 1.165) is 82.8 Å². The highest BCUT2D eigenvalue weighted by Crippen LogP contribution is 2.42. The van der Waals surface area contributed by atoms with Crippen molar-refractivity contribution in [1.29, 1.82) is 5.26 Å². The second-order valence-corrected chi connectivity index (χ2v) is 13.8. The molecule has 0 saturated carbocycles. The molecule has 8 aromatic rings. The third-order valence-electron chi connectivity index (χ3n) is 9.02. The van der Waals surface area contributed by atoms with Gasteiger partial charge in [-0.05, 0) is 88.0 Å². The number of hydrogen-bond donors (Lipinski definition) is 0. The van der Waals surface area contributed by atoms with Crippen molar-refractivity contribution in [2.24, 2.45) is 0 Å². The maximum atomic E-state index is 13.3. The van der Waals surface area contributed by atoms with Crippen LogP contribution >= 0.6 is 0 Å². The minimum absolute atomic E-state index is 0.0161. The molecule has 5 nitrogen and oxygen atoms in total. The van der Waals surface area contributed by atoms with Crippen LogP contribution in [0.25, 0.3) is 71.7 Å². The Hall–Kier alpha value is -5.64. The molecule has 0 atom stereocenters. The number of aromatic nitrogens is 1. The van der Waals surface area contributed by atoms with E-state index in [0.29, 0.717) is 5.56 Å². The highest BCUT2D eigenvalue weighted by atomic mass is 32.2. The van der Waals surface area contributed by atoms with Gasteiger partial charge in [0.2, 0.25) is 0 Å². The largest absolute Gasteiger partial charge is 0.456 e. The van der Waals surface area contributed by atoms with Crippen molar-refractivity contribution in [3.05, 3.63) is 138 Å². The Bertz CT molecular complexity index is 2690. The summed E-state index contributed by atoms with van der Waals surface area (Å²) >= 11 is 0. The predicted molar refractivity (Wildman–Crippen MR) is 180 cm³/mol. The zero-order valence-electron chi connectivity index (χ0n) is 24.0. The van der Waals surface area contributed by atoms with Gasteiger partial charge in [0.25, 0.3) is 0 Å². The number of fused-ring (bicyclic) bond motifs is 9. The fourth-order valence-electron chi connectivity index (χ4n) is 7.06. The lowest BCUT2D eigenvalue weighted by atomic mass is 9.91. The topological polar surface area (TPSA) is 76.0 Å². The summed E-state index contributed by atoms with van der Waals surface area (Å²) in [4.78, 5) is 0. The van der Waals surface area contributed by atoms with Crippen LogP contribution in [0, 0.1) is 11.3 Å². The average Bonchev–Trinajstić information content (AvgIpc) is 3.57. The van der Waals surface area contributed by atoms with E-state index >= 15 is 0 Å². The van der Waals surface area contributed by atoms with Crippen molar-refractivity contribution in [2.75, 3.05) is 0 Å². The molecule has 0 aliphatic carbocycles. The zero-order valence-corrected chi connectivity index (χ0v) is 24.8. The fourth-order valence-corrected chi connectivity index (χ4v) is 8.61. The summed E-state index contributed by atoms with van der Waals surface area (Å²) in [5.74, 6) is -0.0366. The van der Waals surface area contributed by atoms with E-state index < -0.39 is 9.84 Å². The van der Waals surface area contributed by atoms with Crippen LogP contribution < -0.4 is 0 Å². The molecule has 6 aromatic carbocycles. The van der Waals surface area contributed by atoms with E-state index in [1.807, 2.05) is 84.9 Å². The molecule has 6 heteroatoms.